The van der Waals surface area contributed by atoms with Gasteiger partial charge in [-0.3, -0.25) is 0 Å². The molecule has 1 unspecified atom stereocenters. The third kappa shape index (κ3) is 3.93. The fourth-order valence-corrected chi connectivity index (χ4v) is 3.84. The molecule has 0 aliphatic carbocycles. The molecular weight excluding hydrogens is 403 g/mol. The molecular formula is C15H18ClIN2S. The molecule has 1 aromatic heterocycles. The van der Waals surface area contributed by atoms with Crippen molar-refractivity contribution in [3.05, 3.63) is 48.4 Å². The minimum atomic E-state index is -0.0698. The summed E-state index contributed by atoms with van der Waals surface area (Å²) in [6.07, 6.45) is 0.747. The average molecular weight is 421 g/mol. The van der Waals surface area contributed by atoms with E-state index in [-0.39, 0.29) is 11.5 Å². The van der Waals surface area contributed by atoms with Crippen LogP contribution in [0.25, 0.3) is 0 Å². The van der Waals surface area contributed by atoms with Crippen LogP contribution in [0.3, 0.4) is 0 Å². The topological polar surface area (TPSA) is 38.9 Å². The van der Waals surface area contributed by atoms with E-state index in [2.05, 4.69) is 48.7 Å². The number of halogens is 2. The zero-order chi connectivity index (χ0) is 14.9. The normalized spacial score (nSPS) is 13.5. The minimum absolute atomic E-state index is 0.0698. The third-order valence-electron chi connectivity index (χ3n) is 3.07. The number of nitrogens with zero attached hydrogens (tertiary/aromatic N) is 1. The van der Waals surface area contributed by atoms with E-state index in [1.165, 1.54) is 0 Å². The summed E-state index contributed by atoms with van der Waals surface area (Å²) in [6.45, 7) is 6.52. The molecule has 0 amide bonds. The van der Waals surface area contributed by atoms with Gasteiger partial charge in [0, 0.05) is 31.9 Å². The molecule has 108 valence electrons. The molecule has 0 saturated carbocycles. The first-order chi connectivity index (χ1) is 9.27. The Bertz CT molecular complexity index is 604. The highest BCUT2D eigenvalue weighted by Gasteiger charge is 2.19. The quantitative estimate of drug-likeness (QED) is 0.714. The third-order valence-corrected chi connectivity index (χ3v) is 5.16. The van der Waals surface area contributed by atoms with Gasteiger partial charge >= 0.3 is 0 Å². The second-order valence-electron chi connectivity index (χ2n) is 5.85. The number of rotatable bonds is 3. The minimum Gasteiger partial charge on any atom is -0.324 e. The van der Waals surface area contributed by atoms with Crippen LogP contribution in [0.5, 0.6) is 0 Å². The Labute approximate surface area is 142 Å². The Morgan fingerprint density at radius 1 is 1.40 bits per heavy atom. The van der Waals surface area contributed by atoms with Gasteiger partial charge in [0.25, 0.3) is 0 Å². The summed E-state index contributed by atoms with van der Waals surface area (Å²) in [5.74, 6) is 0. The van der Waals surface area contributed by atoms with E-state index in [0.29, 0.717) is 0 Å². The highest BCUT2D eigenvalue weighted by Crippen LogP contribution is 2.28. The summed E-state index contributed by atoms with van der Waals surface area (Å²) in [7, 11) is 0. The predicted molar refractivity (Wildman–Crippen MR) is 95.6 cm³/mol. The van der Waals surface area contributed by atoms with Gasteiger partial charge in [0.2, 0.25) is 0 Å². The van der Waals surface area contributed by atoms with Crippen molar-refractivity contribution in [2.75, 3.05) is 0 Å². The molecule has 0 fully saturated rings. The monoisotopic (exact) mass is 420 g/mol. The molecule has 1 atom stereocenters. The van der Waals surface area contributed by atoms with Crippen molar-refractivity contribution in [2.45, 2.75) is 38.6 Å². The summed E-state index contributed by atoms with van der Waals surface area (Å²) in [5, 5.41) is 3.94. The molecule has 0 radical (unpaired) electrons. The summed E-state index contributed by atoms with van der Waals surface area (Å²) in [6, 6.07) is 5.77. The van der Waals surface area contributed by atoms with E-state index < -0.39 is 0 Å². The number of hydrogen-bond donors (Lipinski definition) is 1. The molecule has 2 nitrogen and oxygen atoms in total. The second kappa shape index (κ2) is 6.30. The van der Waals surface area contributed by atoms with E-state index in [9.17, 15) is 0 Å². The lowest BCUT2D eigenvalue weighted by Crippen LogP contribution is -2.16. The van der Waals surface area contributed by atoms with Crippen molar-refractivity contribution < 1.29 is 0 Å². The van der Waals surface area contributed by atoms with Gasteiger partial charge in [-0.05, 0) is 46.4 Å². The Morgan fingerprint density at radius 3 is 2.70 bits per heavy atom. The van der Waals surface area contributed by atoms with Crippen LogP contribution in [-0.4, -0.2) is 4.98 Å². The van der Waals surface area contributed by atoms with Crippen LogP contribution >= 0.6 is 45.5 Å². The zero-order valence-electron chi connectivity index (χ0n) is 11.8. The van der Waals surface area contributed by atoms with E-state index in [4.69, 9.17) is 22.3 Å². The van der Waals surface area contributed by atoms with Gasteiger partial charge in [-0.1, -0.05) is 32.4 Å². The van der Waals surface area contributed by atoms with Gasteiger partial charge in [0.05, 0.1) is 10.7 Å². The summed E-state index contributed by atoms with van der Waals surface area (Å²) >= 11 is 10.0. The van der Waals surface area contributed by atoms with Crippen LogP contribution in [-0.2, 0) is 11.8 Å². The molecule has 0 bridgehead atoms. The Kier molecular flexibility index (Phi) is 5.10. The molecule has 20 heavy (non-hydrogen) atoms. The number of thiazole rings is 1. The lowest BCUT2D eigenvalue weighted by atomic mass is 9.93. The number of hydrogen-bond acceptors (Lipinski definition) is 3. The smallest absolute Gasteiger partial charge is 0.0947 e. The maximum atomic E-state index is 6.32. The number of benzene rings is 1. The van der Waals surface area contributed by atoms with Crippen molar-refractivity contribution in [1.29, 1.82) is 0 Å². The molecule has 0 aliphatic heterocycles. The van der Waals surface area contributed by atoms with Crippen LogP contribution in [0.4, 0.5) is 0 Å². The zero-order valence-corrected chi connectivity index (χ0v) is 15.5. The molecule has 2 N–H and O–H groups in total. The Hall–Kier alpha value is -0.170. The number of nitrogens with two attached hydrogens (primary N) is 1. The van der Waals surface area contributed by atoms with E-state index >= 15 is 0 Å². The molecule has 0 saturated heterocycles. The maximum Gasteiger partial charge on any atom is 0.0947 e. The van der Waals surface area contributed by atoms with Crippen LogP contribution < -0.4 is 5.73 Å². The van der Waals surface area contributed by atoms with Crippen molar-refractivity contribution in [3.63, 3.8) is 0 Å². The van der Waals surface area contributed by atoms with Gasteiger partial charge in [-0.25, -0.2) is 4.98 Å². The lowest BCUT2D eigenvalue weighted by Gasteiger charge is -2.15. The highest BCUT2D eigenvalue weighted by atomic mass is 127. The van der Waals surface area contributed by atoms with E-state index in [0.717, 1.165) is 31.3 Å². The van der Waals surface area contributed by atoms with Gasteiger partial charge < -0.3 is 5.73 Å². The molecule has 0 aliphatic rings. The maximum absolute atomic E-state index is 6.32. The molecule has 1 heterocycles. The van der Waals surface area contributed by atoms with Crippen LogP contribution in [0.1, 0.15) is 43.1 Å². The SMILES string of the molecule is CC(C)(C)c1csc(CC(N)c2cc(Cl)ccc2I)n1. The van der Waals surface area contributed by atoms with Crippen LogP contribution in [0.15, 0.2) is 23.6 Å². The van der Waals surface area contributed by atoms with E-state index in [1.807, 2.05) is 18.2 Å². The molecule has 5 heteroatoms. The van der Waals surface area contributed by atoms with Gasteiger partial charge in [0.15, 0.2) is 0 Å². The highest BCUT2D eigenvalue weighted by molar-refractivity contribution is 14.1. The Balaban J connectivity index is 2.17. The standard InChI is InChI=1S/C15H18ClIN2S/c1-15(2,3)13-8-20-14(19-13)7-12(18)10-6-9(16)4-5-11(10)17/h4-6,8,12H,7,18H2,1-3H3. The first kappa shape index (κ1) is 16.2. The van der Waals surface area contributed by atoms with Crippen LogP contribution in [0.2, 0.25) is 5.02 Å². The largest absolute Gasteiger partial charge is 0.324 e. The van der Waals surface area contributed by atoms with Gasteiger partial charge in [0.1, 0.15) is 0 Å². The Morgan fingerprint density at radius 2 is 2.10 bits per heavy atom. The summed E-state index contributed by atoms with van der Waals surface area (Å²) < 4.78 is 1.15. The predicted octanol–water partition coefficient (Wildman–Crippen LogP) is 4.94. The summed E-state index contributed by atoms with van der Waals surface area (Å²) in [4.78, 5) is 4.70. The second-order valence-corrected chi connectivity index (χ2v) is 8.39. The summed E-state index contributed by atoms with van der Waals surface area (Å²) in [5.41, 5.74) is 8.62. The first-order valence-electron chi connectivity index (χ1n) is 6.43. The molecule has 0 spiro atoms. The van der Waals surface area contributed by atoms with Crippen LogP contribution in [0, 0.1) is 3.57 Å². The first-order valence-corrected chi connectivity index (χ1v) is 8.76. The van der Waals surface area contributed by atoms with Crippen molar-refractivity contribution in [2.24, 2.45) is 5.73 Å². The average Bonchev–Trinajstić information content (AvgIpc) is 2.80. The van der Waals surface area contributed by atoms with Crippen molar-refractivity contribution in [1.82, 2.24) is 4.98 Å². The number of aromatic nitrogens is 1. The van der Waals surface area contributed by atoms with Gasteiger partial charge in [-0.15, -0.1) is 11.3 Å². The van der Waals surface area contributed by atoms with Crippen molar-refractivity contribution in [3.8, 4) is 0 Å². The van der Waals surface area contributed by atoms with E-state index in [1.54, 1.807) is 11.3 Å². The van der Waals surface area contributed by atoms with Gasteiger partial charge in [-0.2, -0.15) is 0 Å². The fourth-order valence-electron chi connectivity index (χ4n) is 1.85. The molecule has 1 aromatic carbocycles. The lowest BCUT2D eigenvalue weighted by molar-refractivity contribution is 0.569. The fraction of sp³-hybridized carbons (Fsp3) is 0.400. The molecule has 2 aromatic rings. The molecule has 2 rings (SSSR count). The van der Waals surface area contributed by atoms with Crippen molar-refractivity contribution >= 4 is 45.5 Å².